The molecule has 0 saturated carbocycles. The maximum Gasteiger partial charge on any atom is 0.323 e. The highest BCUT2D eigenvalue weighted by Crippen LogP contribution is 2.44. The van der Waals surface area contributed by atoms with Crippen molar-refractivity contribution in [1.29, 1.82) is 0 Å². The molecule has 6 unspecified atom stereocenters. The van der Waals surface area contributed by atoms with Crippen molar-refractivity contribution in [1.82, 2.24) is 30.0 Å². The van der Waals surface area contributed by atoms with Crippen LogP contribution in [0.5, 0.6) is 0 Å². The molecule has 0 amide bonds. The smallest absolute Gasteiger partial charge is 0.323 e. The van der Waals surface area contributed by atoms with Crippen molar-refractivity contribution in [2.45, 2.75) is 146 Å². The molecule has 0 radical (unpaired) electrons. The number of nitrogens with zero attached hydrogens (tertiary/aromatic N) is 6. The van der Waals surface area contributed by atoms with Crippen LogP contribution < -0.4 is 0 Å². The zero-order chi connectivity index (χ0) is 49.1. The van der Waals surface area contributed by atoms with Crippen molar-refractivity contribution >= 4 is 33.8 Å². The van der Waals surface area contributed by atoms with Gasteiger partial charge in [-0.1, -0.05) is 56.7 Å². The van der Waals surface area contributed by atoms with E-state index in [1.54, 1.807) is 39.1 Å². The molecule has 2 fully saturated rings. The van der Waals surface area contributed by atoms with Gasteiger partial charge in [0.2, 0.25) is 0 Å². The van der Waals surface area contributed by atoms with E-state index >= 15 is 0 Å². The fraction of sp³-hybridized carbons (Fsp3) is 0.690. The molecular formula is C42H61BrN6O18. The van der Waals surface area contributed by atoms with Crippen LogP contribution in [0.25, 0.3) is 0 Å². The van der Waals surface area contributed by atoms with Crippen LogP contribution in [-0.2, 0) is 80.5 Å². The second kappa shape index (κ2) is 24.0. The highest BCUT2D eigenvalue weighted by atomic mass is 79.9. The van der Waals surface area contributed by atoms with Crippen molar-refractivity contribution in [3.63, 3.8) is 0 Å². The fourth-order valence-corrected chi connectivity index (χ4v) is 8.44. The summed E-state index contributed by atoms with van der Waals surface area (Å²) >= 11 is 3.47. The van der Waals surface area contributed by atoms with Crippen molar-refractivity contribution in [2.24, 2.45) is 10.8 Å². The maximum atomic E-state index is 14.2. The molecule has 2 aliphatic rings. The average molecular weight is 1020 g/mol. The summed E-state index contributed by atoms with van der Waals surface area (Å²) in [5.74, 6) is -2.12. The third kappa shape index (κ3) is 14.5. The van der Waals surface area contributed by atoms with E-state index in [-0.39, 0.29) is 70.4 Å². The number of rotatable bonds is 24. The lowest BCUT2D eigenvalue weighted by atomic mass is 9.69. The number of aromatic nitrogens is 6. The Morgan fingerprint density at radius 2 is 1.13 bits per heavy atom. The van der Waals surface area contributed by atoms with Crippen LogP contribution in [-0.4, -0.2) is 181 Å². The Labute approximate surface area is 393 Å². The van der Waals surface area contributed by atoms with E-state index in [2.05, 4.69) is 36.6 Å². The minimum Gasteiger partial charge on any atom is -0.460 e. The van der Waals surface area contributed by atoms with Gasteiger partial charge in [0.1, 0.15) is 84.4 Å². The molecule has 2 aliphatic heterocycles. The van der Waals surface area contributed by atoms with E-state index in [9.17, 15) is 55.2 Å². The number of hydrogen-bond acceptors (Lipinski definition) is 22. The summed E-state index contributed by atoms with van der Waals surface area (Å²) < 4.78 is 40.1. The van der Waals surface area contributed by atoms with Crippen LogP contribution >= 0.6 is 15.9 Å². The number of aliphatic hydroxyl groups is 8. The summed E-state index contributed by atoms with van der Waals surface area (Å²) in [6.45, 7) is 4.82. The first kappa shape index (κ1) is 53.9. The summed E-state index contributed by atoms with van der Waals surface area (Å²) in [4.78, 5) is 41.4. The standard InChI is InChI=1S/C42H61BrN6O18/c1-40(2,37(58)63-19-24-9-6-5-7-10-24)22-41(3,38(59)64-20-25-15-48(46-44-25)11-8-13-61-35-33(56)31(54)29(52)27(17-50)66-35)23-42(4,43)39(60)65-21-26-16-49(47-45-26)12-14-62-36-34(57)32(55)30(53)28(18-51)67-36/h5-7,9-10,15-16,27-36,50-57H,8,11-14,17-23H2,1-4H3/t27?,28?,29-,30+,31+,32+,33?,34?,35+,36-,41?,42?/m1/s1. The Hall–Kier alpha value is -4.09. The molecular weight excluding hydrogens is 956 g/mol. The first-order chi connectivity index (χ1) is 31.7. The van der Waals surface area contributed by atoms with Crippen molar-refractivity contribution in [3.05, 3.63) is 59.7 Å². The van der Waals surface area contributed by atoms with Gasteiger partial charge in [-0.2, -0.15) is 0 Å². The van der Waals surface area contributed by atoms with Crippen molar-refractivity contribution < 1.29 is 88.4 Å². The van der Waals surface area contributed by atoms with Gasteiger partial charge in [0.05, 0.1) is 56.2 Å². The van der Waals surface area contributed by atoms with Gasteiger partial charge in [0.25, 0.3) is 0 Å². The molecule has 0 bridgehead atoms. The predicted molar refractivity (Wildman–Crippen MR) is 228 cm³/mol. The first-order valence-corrected chi connectivity index (χ1v) is 22.3. The molecule has 3 aromatic rings. The minimum absolute atomic E-state index is 0.00181. The SMILES string of the molecule is CC(C)(CC(C)(CC(C)(Br)C(=O)OCc1cn(CCO[C@@H]2OC(CO)[C@H](O)[C@H](O)C2O)nn1)C(=O)OCc1cn(CCCO[C@H]2OC(CO)[C@@H](O)[C@H](O)C2O)nn1)C(=O)OCc1ccccc1. The number of carbonyl (C=O) groups is 3. The lowest BCUT2D eigenvalue weighted by Gasteiger charge is -2.39. The van der Waals surface area contributed by atoms with E-state index in [0.29, 0.717) is 6.42 Å². The van der Waals surface area contributed by atoms with Gasteiger partial charge < -0.3 is 74.0 Å². The second-order valence-corrected chi connectivity index (χ2v) is 19.4. The second-order valence-electron chi connectivity index (χ2n) is 17.6. The number of aliphatic hydroxyl groups excluding tert-OH is 8. The number of hydrogen-bond donors (Lipinski definition) is 8. The number of aryl methyl sites for hydroxylation is 1. The molecule has 0 spiro atoms. The number of benzene rings is 1. The normalized spacial score (nSPS) is 27.4. The summed E-state index contributed by atoms with van der Waals surface area (Å²) in [7, 11) is 0. The largest absolute Gasteiger partial charge is 0.460 e. The van der Waals surface area contributed by atoms with E-state index in [1.807, 2.05) is 18.2 Å². The lowest BCUT2D eigenvalue weighted by Crippen LogP contribution is -2.59. The summed E-state index contributed by atoms with van der Waals surface area (Å²) in [6.07, 6.45) is -11.2. The van der Waals surface area contributed by atoms with Crippen LogP contribution in [0, 0.1) is 10.8 Å². The highest BCUT2D eigenvalue weighted by Gasteiger charge is 2.50. The maximum absolute atomic E-state index is 14.2. The average Bonchev–Trinajstić information content (AvgIpc) is 3.97. The van der Waals surface area contributed by atoms with Gasteiger partial charge in [-0.05, 0) is 52.5 Å². The number of halogens is 1. The zero-order valence-corrected chi connectivity index (χ0v) is 39.1. The molecule has 8 N–H and O–H groups in total. The summed E-state index contributed by atoms with van der Waals surface area (Å²) in [6, 6.07) is 9.07. The topological polar surface area (TPSA) is 339 Å². The fourth-order valence-electron chi connectivity index (χ4n) is 7.71. The summed E-state index contributed by atoms with van der Waals surface area (Å²) in [5, 5.41) is 95.3. The molecule has 2 saturated heterocycles. The quantitative estimate of drug-likeness (QED) is 0.0217. The van der Waals surface area contributed by atoms with Crippen LogP contribution in [0.3, 0.4) is 0 Å². The molecule has 67 heavy (non-hydrogen) atoms. The van der Waals surface area contributed by atoms with E-state index < -0.39 is 108 Å². The highest BCUT2D eigenvalue weighted by molar-refractivity contribution is 9.10. The third-order valence-electron chi connectivity index (χ3n) is 11.2. The number of ether oxygens (including phenoxy) is 7. The van der Waals surface area contributed by atoms with Gasteiger partial charge in [0, 0.05) is 6.54 Å². The molecule has 24 nitrogen and oxygen atoms in total. The number of esters is 3. The van der Waals surface area contributed by atoms with Gasteiger partial charge in [-0.25, -0.2) is 4.68 Å². The lowest BCUT2D eigenvalue weighted by molar-refractivity contribution is -0.301. The third-order valence-corrected chi connectivity index (χ3v) is 11.8. The molecule has 374 valence electrons. The van der Waals surface area contributed by atoms with Crippen LogP contribution in [0.15, 0.2) is 42.7 Å². The van der Waals surface area contributed by atoms with E-state index in [1.165, 1.54) is 22.5 Å². The first-order valence-electron chi connectivity index (χ1n) is 21.5. The van der Waals surface area contributed by atoms with Gasteiger partial charge in [-0.15, -0.1) is 10.2 Å². The monoisotopic (exact) mass is 1020 g/mol. The van der Waals surface area contributed by atoms with Crippen molar-refractivity contribution in [3.8, 4) is 0 Å². The Morgan fingerprint density at radius 3 is 1.67 bits per heavy atom. The van der Waals surface area contributed by atoms with E-state index in [4.69, 9.17) is 33.2 Å². The Kier molecular flexibility index (Phi) is 19.3. The zero-order valence-electron chi connectivity index (χ0n) is 37.5. The summed E-state index contributed by atoms with van der Waals surface area (Å²) in [5.41, 5.74) is -1.49. The molecule has 25 heteroatoms. The molecule has 0 aliphatic carbocycles. The Morgan fingerprint density at radius 1 is 0.642 bits per heavy atom. The Balaban J connectivity index is 1.17. The van der Waals surface area contributed by atoms with Gasteiger partial charge >= 0.3 is 17.9 Å². The van der Waals surface area contributed by atoms with Crippen molar-refractivity contribution in [2.75, 3.05) is 26.4 Å². The predicted octanol–water partition coefficient (Wildman–Crippen LogP) is -1.61. The van der Waals surface area contributed by atoms with Crippen LogP contribution in [0.4, 0.5) is 0 Å². The minimum atomic E-state index is -1.60. The number of carbonyl (C=O) groups excluding carboxylic acids is 3. The Bertz CT molecular complexity index is 2040. The molecule has 12 atom stereocenters. The number of alkyl halides is 1. The molecule has 1 aromatic carbocycles. The molecule has 5 rings (SSSR count). The molecule has 2 aromatic heterocycles. The van der Waals surface area contributed by atoms with Crippen LogP contribution in [0.2, 0.25) is 0 Å². The van der Waals surface area contributed by atoms with Gasteiger partial charge in [0.15, 0.2) is 12.6 Å². The van der Waals surface area contributed by atoms with Gasteiger partial charge in [-0.3, -0.25) is 19.1 Å². The van der Waals surface area contributed by atoms with Crippen LogP contribution in [0.1, 0.15) is 63.9 Å². The molecule has 4 heterocycles. The van der Waals surface area contributed by atoms with E-state index in [0.717, 1.165) is 5.56 Å².